The van der Waals surface area contributed by atoms with E-state index in [1.54, 1.807) is 0 Å². The maximum atomic E-state index is 12.2. The van der Waals surface area contributed by atoms with E-state index in [1.165, 1.54) is 6.42 Å². The molecule has 0 unspecified atom stereocenters. The fraction of sp³-hybridized carbons (Fsp3) is 0.438. The van der Waals surface area contributed by atoms with Gasteiger partial charge in [-0.2, -0.15) is 0 Å². The molecular formula is C16H20N4O2. The van der Waals surface area contributed by atoms with Gasteiger partial charge in [0.05, 0.1) is 0 Å². The van der Waals surface area contributed by atoms with Crippen molar-refractivity contribution < 1.29 is 9.59 Å². The van der Waals surface area contributed by atoms with Gasteiger partial charge in [0.1, 0.15) is 12.4 Å². The number of anilines is 1. The van der Waals surface area contributed by atoms with Crippen LogP contribution in [0.15, 0.2) is 29.3 Å². The summed E-state index contributed by atoms with van der Waals surface area (Å²) in [6, 6.07) is 7.47. The normalized spacial score (nSPS) is 18.9. The molecule has 6 nitrogen and oxygen atoms in total. The number of nitrogens with zero attached hydrogens (tertiary/aromatic N) is 1. The largest absolute Gasteiger partial charge is 0.326 e. The lowest BCUT2D eigenvalue weighted by molar-refractivity contribution is -0.121. The Balaban J connectivity index is 1.61. The number of aliphatic imine (C=N–C) groups is 1. The van der Waals surface area contributed by atoms with E-state index in [0.29, 0.717) is 5.84 Å². The number of hydrazine groups is 1. The molecule has 1 aromatic rings. The summed E-state index contributed by atoms with van der Waals surface area (Å²) in [7, 11) is 0. The molecule has 2 aliphatic rings. The first kappa shape index (κ1) is 14.6. The van der Waals surface area contributed by atoms with Crippen molar-refractivity contribution in [2.45, 2.75) is 32.1 Å². The van der Waals surface area contributed by atoms with Gasteiger partial charge in [-0.3, -0.25) is 25.4 Å². The fourth-order valence-electron chi connectivity index (χ4n) is 2.84. The second-order valence-electron chi connectivity index (χ2n) is 5.74. The van der Waals surface area contributed by atoms with E-state index in [1.807, 2.05) is 24.3 Å². The van der Waals surface area contributed by atoms with E-state index >= 15 is 0 Å². The quantitative estimate of drug-likeness (QED) is 0.792. The Labute approximate surface area is 129 Å². The van der Waals surface area contributed by atoms with Gasteiger partial charge in [-0.25, -0.2) is 0 Å². The van der Waals surface area contributed by atoms with Gasteiger partial charge >= 0.3 is 0 Å². The van der Waals surface area contributed by atoms with Crippen molar-refractivity contribution in [2.75, 3.05) is 11.9 Å². The van der Waals surface area contributed by atoms with Gasteiger partial charge in [-0.1, -0.05) is 19.3 Å². The molecule has 22 heavy (non-hydrogen) atoms. The highest BCUT2D eigenvalue weighted by Gasteiger charge is 2.21. The maximum Gasteiger partial charge on any atom is 0.260 e. The van der Waals surface area contributed by atoms with E-state index < -0.39 is 0 Å². The van der Waals surface area contributed by atoms with Crippen molar-refractivity contribution in [3.8, 4) is 0 Å². The Morgan fingerprint density at radius 3 is 2.45 bits per heavy atom. The number of carbonyl (C=O) groups excluding carboxylic acids is 2. The fourth-order valence-corrected chi connectivity index (χ4v) is 2.84. The standard InChI is InChI=1S/C16H20N4O2/c21-14-10-17-15(20-19-14)11-6-8-13(9-7-11)18-16(22)12-4-2-1-3-5-12/h6-9,12H,1-5,10H2,(H,17,20)(H,18,22)(H,19,21). The van der Waals surface area contributed by atoms with Gasteiger partial charge < -0.3 is 5.32 Å². The van der Waals surface area contributed by atoms with Crippen LogP contribution in [0, 0.1) is 5.92 Å². The Hall–Kier alpha value is -2.37. The number of carbonyl (C=O) groups is 2. The van der Waals surface area contributed by atoms with Gasteiger partial charge in [0.2, 0.25) is 5.91 Å². The van der Waals surface area contributed by atoms with E-state index in [2.05, 4.69) is 21.2 Å². The molecule has 1 aliphatic carbocycles. The molecule has 3 N–H and O–H groups in total. The van der Waals surface area contributed by atoms with Crippen LogP contribution < -0.4 is 16.2 Å². The second kappa shape index (κ2) is 6.60. The van der Waals surface area contributed by atoms with E-state index in [9.17, 15) is 9.59 Å². The van der Waals surface area contributed by atoms with Crippen LogP contribution in [0.4, 0.5) is 5.69 Å². The van der Waals surface area contributed by atoms with Gasteiger partial charge in [-0.05, 0) is 37.1 Å². The predicted molar refractivity (Wildman–Crippen MR) is 84.3 cm³/mol. The molecule has 1 aromatic carbocycles. The molecule has 6 heteroatoms. The van der Waals surface area contributed by atoms with Crippen molar-refractivity contribution in [2.24, 2.45) is 10.9 Å². The zero-order valence-corrected chi connectivity index (χ0v) is 12.4. The van der Waals surface area contributed by atoms with Gasteiger partial charge in [0.25, 0.3) is 5.91 Å². The minimum Gasteiger partial charge on any atom is -0.326 e. The minimum absolute atomic E-state index is 0.118. The average molecular weight is 300 g/mol. The monoisotopic (exact) mass is 300 g/mol. The molecule has 0 radical (unpaired) electrons. The molecule has 0 atom stereocenters. The summed E-state index contributed by atoms with van der Waals surface area (Å²) in [4.78, 5) is 27.4. The van der Waals surface area contributed by atoms with Crippen LogP contribution in [-0.4, -0.2) is 24.2 Å². The molecule has 3 rings (SSSR count). The molecule has 0 spiro atoms. The smallest absolute Gasteiger partial charge is 0.260 e. The SMILES string of the molecule is O=C1CN=C(c2ccc(NC(=O)C3CCCCC3)cc2)NN1. The summed E-state index contributed by atoms with van der Waals surface area (Å²) in [5, 5.41) is 2.98. The van der Waals surface area contributed by atoms with Crippen molar-refractivity contribution in [3.05, 3.63) is 29.8 Å². The molecule has 1 aliphatic heterocycles. The highest BCUT2D eigenvalue weighted by atomic mass is 16.2. The van der Waals surface area contributed by atoms with Gasteiger partial charge in [0, 0.05) is 17.2 Å². The second-order valence-corrected chi connectivity index (χ2v) is 5.74. The van der Waals surface area contributed by atoms with Crippen molar-refractivity contribution in [3.63, 3.8) is 0 Å². The van der Waals surface area contributed by atoms with E-state index in [0.717, 1.165) is 36.9 Å². The third-order valence-corrected chi connectivity index (χ3v) is 4.10. The van der Waals surface area contributed by atoms with Crippen molar-refractivity contribution >= 4 is 23.3 Å². The van der Waals surface area contributed by atoms with E-state index in [-0.39, 0.29) is 24.3 Å². The molecule has 2 amide bonds. The number of benzene rings is 1. The van der Waals surface area contributed by atoms with Crippen LogP contribution in [0.2, 0.25) is 0 Å². The average Bonchev–Trinajstić information content (AvgIpc) is 2.57. The van der Waals surface area contributed by atoms with Crippen molar-refractivity contribution in [1.82, 2.24) is 10.9 Å². The molecule has 0 aromatic heterocycles. The van der Waals surface area contributed by atoms with Crippen LogP contribution in [-0.2, 0) is 9.59 Å². The molecule has 0 saturated heterocycles. The number of nitrogens with one attached hydrogen (secondary N) is 3. The zero-order chi connectivity index (χ0) is 15.4. The Kier molecular flexibility index (Phi) is 4.37. The summed E-state index contributed by atoms with van der Waals surface area (Å²) in [6.45, 7) is 0.127. The Bertz CT molecular complexity index is 589. The van der Waals surface area contributed by atoms with Crippen LogP contribution in [0.5, 0.6) is 0 Å². The summed E-state index contributed by atoms with van der Waals surface area (Å²) in [5.74, 6) is 0.741. The molecule has 0 bridgehead atoms. The summed E-state index contributed by atoms with van der Waals surface area (Å²) in [6.07, 6.45) is 5.52. The molecule has 1 fully saturated rings. The Morgan fingerprint density at radius 1 is 1.09 bits per heavy atom. The molecule has 116 valence electrons. The first-order valence-corrected chi connectivity index (χ1v) is 7.73. The maximum absolute atomic E-state index is 12.2. The third-order valence-electron chi connectivity index (χ3n) is 4.10. The number of amidine groups is 1. The predicted octanol–water partition coefficient (Wildman–Crippen LogP) is 1.59. The van der Waals surface area contributed by atoms with Crippen molar-refractivity contribution in [1.29, 1.82) is 0 Å². The summed E-state index contributed by atoms with van der Waals surface area (Å²) in [5.41, 5.74) is 6.95. The highest BCUT2D eigenvalue weighted by Crippen LogP contribution is 2.25. The minimum atomic E-state index is -0.153. The number of amides is 2. The topological polar surface area (TPSA) is 82.6 Å². The highest BCUT2D eigenvalue weighted by molar-refractivity contribution is 6.03. The molecule has 1 heterocycles. The zero-order valence-electron chi connectivity index (χ0n) is 12.4. The number of hydrogen-bond acceptors (Lipinski definition) is 4. The van der Waals surface area contributed by atoms with Gasteiger partial charge in [0.15, 0.2) is 0 Å². The molecule has 1 saturated carbocycles. The summed E-state index contributed by atoms with van der Waals surface area (Å²) >= 11 is 0. The lowest BCUT2D eigenvalue weighted by Crippen LogP contribution is -2.47. The van der Waals surface area contributed by atoms with Crippen LogP contribution in [0.1, 0.15) is 37.7 Å². The first-order chi connectivity index (χ1) is 10.7. The van der Waals surface area contributed by atoms with Crippen LogP contribution in [0.25, 0.3) is 0 Å². The summed E-state index contributed by atoms with van der Waals surface area (Å²) < 4.78 is 0. The number of hydrogen-bond donors (Lipinski definition) is 3. The number of rotatable bonds is 3. The van der Waals surface area contributed by atoms with Crippen LogP contribution >= 0.6 is 0 Å². The molecular weight excluding hydrogens is 280 g/mol. The van der Waals surface area contributed by atoms with Crippen LogP contribution in [0.3, 0.4) is 0 Å². The lowest BCUT2D eigenvalue weighted by Gasteiger charge is -2.21. The van der Waals surface area contributed by atoms with E-state index in [4.69, 9.17) is 0 Å². The lowest BCUT2D eigenvalue weighted by atomic mass is 9.88. The third kappa shape index (κ3) is 3.44. The first-order valence-electron chi connectivity index (χ1n) is 7.73. The Morgan fingerprint density at radius 2 is 1.82 bits per heavy atom. The van der Waals surface area contributed by atoms with Gasteiger partial charge in [-0.15, -0.1) is 0 Å².